The van der Waals surface area contributed by atoms with Crippen LogP contribution < -0.4 is 0 Å². The average molecular weight is 331 g/mol. The minimum atomic E-state index is -3.18. The molecule has 0 saturated carbocycles. The first-order valence-corrected chi connectivity index (χ1v) is 6.70. The molecule has 1 aliphatic rings. The lowest BCUT2D eigenvalue weighted by Crippen LogP contribution is -2.53. The van der Waals surface area contributed by atoms with Crippen molar-refractivity contribution in [2.75, 3.05) is 0 Å². The van der Waals surface area contributed by atoms with Crippen molar-refractivity contribution in [1.29, 1.82) is 0 Å². The van der Waals surface area contributed by atoms with Gasteiger partial charge >= 0.3 is 5.69 Å². The molecule has 0 saturated heterocycles. The molecule has 126 valence electrons. The van der Waals surface area contributed by atoms with Gasteiger partial charge in [-0.15, -0.1) is 0 Å². The van der Waals surface area contributed by atoms with Gasteiger partial charge in [0, 0.05) is 12.1 Å². The molecule has 0 radical (unpaired) electrons. The second-order valence-electron chi connectivity index (χ2n) is 5.42. The van der Waals surface area contributed by atoms with E-state index in [-0.39, 0.29) is 17.9 Å². The zero-order valence-corrected chi connectivity index (χ0v) is 12.4. The third-order valence-electron chi connectivity index (χ3n) is 3.42. The van der Waals surface area contributed by atoms with E-state index in [0.29, 0.717) is 5.01 Å². The molecule has 2 atom stereocenters. The fourth-order valence-electron chi connectivity index (χ4n) is 2.27. The molecule has 1 N–H and O–H groups in total. The van der Waals surface area contributed by atoms with E-state index in [1.54, 1.807) is 0 Å². The molecule has 0 aromatic carbocycles. The van der Waals surface area contributed by atoms with Gasteiger partial charge in [0.05, 0.1) is 17.4 Å². The molecule has 2 rings (SSSR count). The monoisotopic (exact) mass is 331 g/mol. The number of halogens is 2. The number of hydrazone groups is 1. The summed E-state index contributed by atoms with van der Waals surface area (Å²) in [5.41, 5.74) is -2.70. The van der Waals surface area contributed by atoms with Crippen LogP contribution in [0.3, 0.4) is 0 Å². The summed E-state index contributed by atoms with van der Waals surface area (Å²) in [6, 6.07) is 0. The van der Waals surface area contributed by atoms with Crippen molar-refractivity contribution in [2.45, 2.75) is 39.0 Å². The van der Waals surface area contributed by atoms with Crippen LogP contribution in [0.4, 0.5) is 14.5 Å². The molecule has 0 unspecified atom stereocenters. The second kappa shape index (κ2) is 5.99. The third-order valence-corrected chi connectivity index (χ3v) is 3.42. The third kappa shape index (κ3) is 3.18. The Hall–Kier alpha value is -2.43. The molecule has 0 fully saturated rings. The summed E-state index contributed by atoms with van der Waals surface area (Å²) < 4.78 is 27.3. The fourth-order valence-corrected chi connectivity index (χ4v) is 2.27. The smallest absolute Gasteiger partial charge is 0.306 e. The van der Waals surface area contributed by atoms with Crippen molar-refractivity contribution in [3.05, 3.63) is 22.5 Å². The molecule has 1 aromatic rings. The number of hydrogen-bond donors (Lipinski definition) is 1. The van der Waals surface area contributed by atoms with Crippen molar-refractivity contribution in [3.63, 3.8) is 0 Å². The molecule has 1 aromatic heterocycles. The van der Waals surface area contributed by atoms with Crippen LogP contribution >= 0.6 is 0 Å². The molecular formula is C12H15F2N5O4. The maximum Gasteiger partial charge on any atom is 0.306 e. The number of aromatic nitrogens is 2. The standard InChI is InChI=1S/C12H15F2N5O4/c1-7(5-17-6-9(4-15-17)19(22)23)10(20)18-12(21,11(13)14)3-8(2)16-18/h4,6-7,11,21H,3,5H2,1-2H3/t7-,12+/m1/s1. The molecule has 1 amide bonds. The Bertz CT molecular complexity index is 662. The van der Waals surface area contributed by atoms with Crippen LogP contribution in [-0.2, 0) is 11.3 Å². The highest BCUT2D eigenvalue weighted by Gasteiger charge is 2.51. The summed E-state index contributed by atoms with van der Waals surface area (Å²) in [4.78, 5) is 22.2. The minimum Gasteiger partial charge on any atom is -0.364 e. The van der Waals surface area contributed by atoms with E-state index < -0.39 is 35.3 Å². The van der Waals surface area contributed by atoms with Gasteiger partial charge in [0.1, 0.15) is 12.4 Å². The van der Waals surface area contributed by atoms with E-state index in [2.05, 4.69) is 10.2 Å². The summed E-state index contributed by atoms with van der Waals surface area (Å²) in [6.07, 6.45) is -1.46. The van der Waals surface area contributed by atoms with Gasteiger partial charge in [-0.1, -0.05) is 6.92 Å². The Balaban J connectivity index is 2.13. The van der Waals surface area contributed by atoms with Gasteiger partial charge in [-0.05, 0) is 6.92 Å². The maximum absolute atomic E-state index is 13.1. The van der Waals surface area contributed by atoms with Gasteiger partial charge in [-0.3, -0.25) is 19.6 Å². The van der Waals surface area contributed by atoms with Crippen LogP contribution in [0.5, 0.6) is 0 Å². The lowest BCUT2D eigenvalue weighted by molar-refractivity contribution is -0.385. The largest absolute Gasteiger partial charge is 0.364 e. The first kappa shape index (κ1) is 16.9. The topological polar surface area (TPSA) is 114 Å². The predicted octanol–water partition coefficient (Wildman–Crippen LogP) is 0.989. The normalized spacial score (nSPS) is 22.3. The Morgan fingerprint density at radius 1 is 1.61 bits per heavy atom. The quantitative estimate of drug-likeness (QED) is 0.638. The summed E-state index contributed by atoms with van der Waals surface area (Å²) in [5, 5.41) is 28.4. The summed E-state index contributed by atoms with van der Waals surface area (Å²) >= 11 is 0. The lowest BCUT2D eigenvalue weighted by Gasteiger charge is -2.31. The van der Waals surface area contributed by atoms with Gasteiger partial charge in [-0.25, -0.2) is 8.78 Å². The number of rotatable bonds is 5. The van der Waals surface area contributed by atoms with Crippen LogP contribution in [0.2, 0.25) is 0 Å². The molecule has 0 bridgehead atoms. The first-order chi connectivity index (χ1) is 10.6. The molecule has 11 heteroatoms. The Morgan fingerprint density at radius 2 is 2.26 bits per heavy atom. The highest BCUT2D eigenvalue weighted by Crippen LogP contribution is 2.32. The molecule has 0 aliphatic carbocycles. The summed E-state index contributed by atoms with van der Waals surface area (Å²) in [5.74, 6) is -1.68. The number of carbonyl (C=O) groups is 1. The van der Waals surface area contributed by atoms with Gasteiger partial charge < -0.3 is 5.11 Å². The fraction of sp³-hybridized carbons (Fsp3) is 0.583. The number of amides is 1. The SMILES string of the molecule is CC1=NN(C(=O)[C@H](C)Cn2cc([N+](=O)[O-])cn2)[C@@](O)(C(F)F)C1. The Labute approximate surface area is 129 Å². The maximum atomic E-state index is 13.1. The first-order valence-electron chi connectivity index (χ1n) is 6.70. The highest BCUT2D eigenvalue weighted by molar-refractivity contribution is 5.89. The molecular weight excluding hydrogens is 316 g/mol. The van der Waals surface area contributed by atoms with E-state index >= 15 is 0 Å². The van der Waals surface area contributed by atoms with Crippen molar-refractivity contribution < 1.29 is 23.6 Å². The number of nitrogens with zero attached hydrogens (tertiary/aromatic N) is 5. The lowest BCUT2D eigenvalue weighted by atomic mass is 10.1. The Kier molecular flexibility index (Phi) is 4.41. The van der Waals surface area contributed by atoms with Gasteiger partial charge in [-0.2, -0.15) is 15.2 Å². The number of nitro groups is 1. The second-order valence-corrected chi connectivity index (χ2v) is 5.42. The average Bonchev–Trinajstić information content (AvgIpc) is 3.03. The van der Waals surface area contributed by atoms with Crippen LogP contribution in [-0.4, -0.2) is 48.6 Å². The molecule has 9 nitrogen and oxygen atoms in total. The number of alkyl halides is 2. The van der Waals surface area contributed by atoms with Crippen molar-refractivity contribution in [1.82, 2.24) is 14.8 Å². The number of aliphatic hydroxyl groups is 1. The van der Waals surface area contributed by atoms with E-state index in [1.807, 2.05) is 0 Å². The molecule has 0 spiro atoms. The molecule has 2 heterocycles. The highest BCUT2D eigenvalue weighted by atomic mass is 19.3. The van der Waals surface area contributed by atoms with E-state index in [9.17, 15) is 28.8 Å². The van der Waals surface area contributed by atoms with Crippen LogP contribution in [0, 0.1) is 16.0 Å². The van der Waals surface area contributed by atoms with Gasteiger partial charge in [0.2, 0.25) is 11.6 Å². The zero-order valence-electron chi connectivity index (χ0n) is 12.4. The predicted molar refractivity (Wildman–Crippen MR) is 73.6 cm³/mol. The molecule has 1 aliphatic heterocycles. The minimum absolute atomic E-state index is 0.0724. The van der Waals surface area contributed by atoms with Crippen LogP contribution in [0.15, 0.2) is 17.5 Å². The number of hydrogen-bond acceptors (Lipinski definition) is 6. The number of carbonyl (C=O) groups excluding carboxylic acids is 1. The van der Waals surface area contributed by atoms with Crippen molar-refractivity contribution >= 4 is 17.3 Å². The Morgan fingerprint density at radius 3 is 2.78 bits per heavy atom. The summed E-state index contributed by atoms with van der Waals surface area (Å²) in [7, 11) is 0. The summed E-state index contributed by atoms with van der Waals surface area (Å²) in [6.45, 7) is 2.80. The van der Waals surface area contributed by atoms with Crippen LogP contribution in [0.1, 0.15) is 20.3 Å². The zero-order chi connectivity index (χ0) is 17.4. The van der Waals surface area contributed by atoms with E-state index in [1.165, 1.54) is 13.8 Å². The van der Waals surface area contributed by atoms with Gasteiger partial charge in [0.25, 0.3) is 6.43 Å². The van der Waals surface area contributed by atoms with Crippen molar-refractivity contribution in [3.8, 4) is 0 Å². The van der Waals surface area contributed by atoms with Crippen LogP contribution in [0.25, 0.3) is 0 Å². The molecule has 23 heavy (non-hydrogen) atoms. The van der Waals surface area contributed by atoms with E-state index in [0.717, 1.165) is 17.1 Å². The van der Waals surface area contributed by atoms with E-state index in [4.69, 9.17) is 0 Å². The van der Waals surface area contributed by atoms with Crippen molar-refractivity contribution in [2.24, 2.45) is 11.0 Å². The van der Waals surface area contributed by atoms with Gasteiger partial charge in [0.15, 0.2) is 0 Å².